The molecule has 4 heteroatoms. The molecule has 13 aromatic rings. The van der Waals surface area contributed by atoms with Crippen LogP contribution in [0.25, 0.3) is 49.7 Å². The Balaban J connectivity index is 1.08. The Morgan fingerprint density at radius 1 is 0.329 bits per heavy atom. The van der Waals surface area contributed by atoms with Gasteiger partial charge in [0.2, 0.25) is 0 Å². The van der Waals surface area contributed by atoms with Crippen LogP contribution in [0.2, 0.25) is 13.1 Å². The highest BCUT2D eigenvalue weighted by molar-refractivity contribution is 7.20. The van der Waals surface area contributed by atoms with Crippen LogP contribution in [-0.2, 0) is 5.41 Å². The molecule has 374 valence electrons. The summed E-state index contributed by atoms with van der Waals surface area (Å²) < 4.78 is 2.49. The molecule has 15 rings (SSSR count). The minimum atomic E-state index is -3.37. The Bertz CT molecular complexity index is 4290. The van der Waals surface area contributed by atoms with Gasteiger partial charge in [0.1, 0.15) is 8.07 Å². The minimum Gasteiger partial charge on any atom is -0.311 e. The van der Waals surface area contributed by atoms with Crippen molar-refractivity contribution in [2.45, 2.75) is 18.5 Å². The van der Waals surface area contributed by atoms with E-state index in [9.17, 15) is 0 Å². The van der Waals surface area contributed by atoms with E-state index in [4.69, 9.17) is 0 Å². The van der Waals surface area contributed by atoms with Gasteiger partial charge in [-0.05, 0) is 113 Å². The summed E-state index contributed by atoms with van der Waals surface area (Å²) in [4.78, 5) is 2.60. The van der Waals surface area contributed by atoms with Crippen molar-refractivity contribution in [2.75, 3.05) is 4.90 Å². The molecule has 0 unspecified atom stereocenters. The van der Waals surface area contributed by atoms with E-state index in [1.807, 2.05) is 0 Å². The van der Waals surface area contributed by atoms with Crippen LogP contribution in [-0.4, -0.2) is 20.7 Å². The standard InChI is InChI=1S/C75H56N2Si2/c1-78(2)73-47-24-22-45-71(73)76(72-46-23-25-48-74(72)78)56-49-53(61-35-14-19-42-68(61)77-69-43-20-15-38-64(69)65-39-16-21-44-70(65)77)50-60(52-56)79(57-30-8-4-9-31-57,58-32-10-5-11-33-58)59-34-26-29-55(51-59)75(54-27-6-3-7-28-54)66-40-17-12-36-62(66)63-37-13-18-41-67(63)75/h3-52H,1-2H3. The van der Waals surface area contributed by atoms with E-state index in [0.29, 0.717) is 0 Å². The van der Waals surface area contributed by atoms with Gasteiger partial charge in [0.25, 0.3) is 0 Å². The van der Waals surface area contributed by atoms with Gasteiger partial charge in [-0.1, -0.05) is 274 Å². The van der Waals surface area contributed by atoms with E-state index in [0.717, 1.165) is 11.4 Å². The van der Waals surface area contributed by atoms with Crippen LogP contribution in [0, 0.1) is 0 Å². The molecule has 0 N–H and O–H groups in total. The fourth-order valence-electron chi connectivity index (χ4n) is 14.2. The molecular weight excluding hydrogens is 985 g/mol. The summed E-state index contributed by atoms with van der Waals surface area (Å²) in [5.41, 5.74) is 16.7. The second-order valence-electron chi connectivity index (χ2n) is 21.9. The molecule has 0 saturated carbocycles. The lowest BCUT2D eigenvalue weighted by Crippen LogP contribution is -2.75. The third-order valence-corrected chi connectivity index (χ3v) is 25.9. The van der Waals surface area contributed by atoms with Crippen LogP contribution in [0.3, 0.4) is 0 Å². The maximum atomic E-state index is 2.62. The highest BCUT2D eigenvalue weighted by Gasteiger charge is 2.48. The number of hydrogen-bond donors (Lipinski definition) is 0. The fourth-order valence-corrected chi connectivity index (χ4v) is 22.1. The maximum absolute atomic E-state index is 3.37. The third kappa shape index (κ3) is 6.94. The van der Waals surface area contributed by atoms with Crippen LogP contribution in [0.5, 0.6) is 0 Å². The molecule has 0 bridgehead atoms. The molecule has 0 radical (unpaired) electrons. The van der Waals surface area contributed by atoms with Crippen molar-refractivity contribution in [2.24, 2.45) is 0 Å². The average molecular weight is 1040 g/mol. The first-order chi connectivity index (χ1) is 39.0. The van der Waals surface area contributed by atoms with Gasteiger partial charge >= 0.3 is 0 Å². The molecule has 12 aromatic carbocycles. The summed E-state index contributed by atoms with van der Waals surface area (Å²) in [7, 11) is -5.50. The zero-order valence-corrected chi connectivity index (χ0v) is 46.3. The molecule has 2 heterocycles. The molecule has 0 saturated heterocycles. The van der Waals surface area contributed by atoms with Crippen molar-refractivity contribution in [1.29, 1.82) is 0 Å². The summed E-state index contributed by atoms with van der Waals surface area (Å²) >= 11 is 0. The number of para-hydroxylation sites is 5. The zero-order valence-electron chi connectivity index (χ0n) is 44.3. The largest absolute Gasteiger partial charge is 0.311 e. The molecule has 2 aliphatic rings. The Kier molecular flexibility index (Phi) is 10.9. The van der Waals surface area contributed by atoms with E-state index in [-0.39, 0.29) is 0 Å². The monoisotopic (exact) mass is 1040 g/mol. The van der Waals surface area contributed by atoms with Gasteiger partial charge < -0.3 is 9.47 Å². The van der Waals surface area contributed by atoms with Crippen LogP contribution >= 0.6 is 0 Å². The highest BCUT2D eigenvalue weighted by atomic mass is 28.3. The number of rotatable bonds is 9. The normalized spacial score (nSPS) is 13.9. The highest BCUT2D eigenvalue weighted by Crippen LogP contribution is 2.56. The zero-order chi connectivity index (χ0) is 52.7. The van der Waals surface area contributed by atoms with Crippen molar-refractivity contribution in [3.8, 4) is 27.9 Å². The van der Waals surface area contributed by atoms with E-state index in [1.54, 1.807) is 0 Å². The second-order valence-corrected chi connectivity index (χ2v) is 30.1. The topological polar surface area (TPSA) is 8.17 Å². The number of benzene rings is 12. The molecule has 2 nitrogen and oxygen atoms in total. The number of hydrogen-bond acceptors (Lipinski definition) is 1. The first-order valence-corrected chi connectivity index (χ1v) is 32.7. The van der Waals surface area contributed by atoms with Gasteiger partial charge in [-0.3, -0.25) is 0 Å². The molecule has 79 heavy (non-hydrogen) atoms. The lowest BCUT2D eigenvalue weighted by atomic mass is 9.68. The first-order valence-electron chi connectivity index (χ1n) is 27.7. The third-order valence-electron chi connectivity index (χ3n) is 17.6. The number of nitrogens with zero attached hydrogens (tertiary/aromatic N) is 2. The van der Waals surface area contributed by atoms with Gasteiger partial charge in [-0.25, -0.2) is 0 Å². The Labute approximate surface area is 464 Å². The summed E-state index contributed by atoms with van der Waals surface area (Å²) in [6, 6.07) is 115. The first kappa shape index (κ1) is 46.9. The van der Waals surface area contributed by atoms with E-state index >= 15 is 0 Å². The van der Waals surface area contributed by atoms with E-state index < -0.39 is 21.6 Å². The number of anilines is 3. The van der Waals surface area contributed by atoms with E-state index in [1.165, 1.54) is 109 Å². The van der Waals surface area contributed by atoms with Gasteiger partial charge in [0, 0.05) is 33.4 Å². The van der Waals surface area contributed by atoms with Crippen molar-refractivity contribution >= 4 is 86.1 Å². The van der Waals surface area contributed by atoms with E-state index in [2.05, 4.69) is 326 Å². The average Bonchev–Trinajstić information content (AvgIpc) is 4.08. The Morgan fingerprint density at radius 3 is 1.35 bits per heavy atom. The second kappa shape index (κ2) is 18.4. The quantitative estimate of drug-likeness (QED) is 0.103. The van der Waals surface area contributed by atoms with Gasteiger partial charge in [0.05, 0.1) is 22.1 Å². The molecule has 0 amide bonds. The van der Waals surface area contributed by atoms with Gasteiger partial charge in [-0.2, -0.15) is 0 Å². The Hall–Kier alpha value is -9.33. The molecule has 1 aromatic heterocycles. The lowest BCUT2D eigenvalue weighted by Gasteiger charge is -2.42. The van der Waals surface area contributed by atoms with Crippen molar-refractivity contribution in [3.05, 3.63) is 326 Å². The maximum Gasteiger partial charge on any atom is 0.179 e. The minimum absolute atomic E-state index is 0.579. The smallest absolute Gasteiger partial charge is 0.179 e. The van der Waals surface area contributed by atoms with Crippen molar-refractivity contribution in [3.63, 3.8) is 0 Å². The summed E-state index contributed by atoms with van der Waals surface area (Å²) in [6.45, 7) is 5.04. The predicted molar refractivity (Wildman–Crippen MR) is 339 cm³/mol. The summed E-state index contributed by atoms with van der Waals surface area (Å²) in [5.74, 6) is 0. The van der Waals surface area contributed by atoms with Gasteiger partial charge in [-0.15, -0.1) is 0 Å². The van der Waals surface area contributed by atoms with Crippen LogP contribution in [0.15, 0.2) is 303 Å². The Morgan fingerprint density at radius 2 is 0.772 bits per heavy atom. The predicted octanol–water partition coefficient (Wildman–Crippen LogP) is 14.8. The molecule has 0 atom stereocenters. The molecule has 1 aliphatic carbocycles. The molecule has 0 spiro atoms. The summed E-state index contributed by atoms with van der Waals surface area (Å²) in [6.07, 6.45) is 0. The van der Waals surface area contributed by atoms with Crippen molar-refractivity contribution < 1.29 is 0 Å². The van der Waals surface area contributed by atoms with Crippen LogP contribution in [0.4, 0.5) is 17.1 Å². The molecule has 1 aliphatic heterocycles. The lowest BCUT2D eigenvalue weighted by molar-refractivity contribution is 0.769. The fraction of sp³-hybridized carbons (Fsp3) is 0.0400. The van der Waals surface area contributed by atoms with Crippen molar-refractivity contribution in [1.82, 2.24) is 4.57 Å². The SMILES string of the molecule is C[Si]1(C)c2ccccc2N(c2cc(-c3ccccc3-n3c4ccccc4c4ccccc43)cc([Si](c3ccccc3)(c3ccccc3)c3cccc(C4(c5ccccc5)c5ccccc5-c5ccccc54)c3)c2)c2ccccc21. The number of fused-ring (bicyclic) bond motifs is 8. The van der Waals surface area contributed by atoms with Crippen LogP contribution in [0.1, 0.15) is 22.3 Å². The number of aromatic nitrogens is 1. The van der Waals surface area contributed by atoms with Crippen LogP contribution < -0.4 is 36.0 Å². The van der Waals surface area contributed by atoms with Gasteiger partial charge in [0.15, 0.2) is 8.07 Å². The molecule has 0 fully saturated rings. The summed E-state index contributed by atoms with van der Waals surface area (Å²) in [5, 5.41) is 10.7. The molecular formula is C75H56N2Si2.